The molecule has 0 spiro atoms. The Hall–Kier alpha value is -0.810. The predicted octanol–water partition coefficient (Wildman–Crippen LogP) is 1.02. The van der Waals surface area contributed by atoms with Crippen LogP contribution in [-0.2, 0) is 4.74 Å². The van der Waals surface area contributed by atoms with Crippen molar-refractivity contribution in [2.45, 2.75) is 27.2 Å². The monoisotopic (exact) mass is 231 g/mol. The standard InChI is InChI=1S/C11H25N3O2/c1-9(2)8-16-6-4-5-13-7-10(3)11(12)14-15/h9-10,13,15H,4-8H2,1-3H3,(H2,12,14). The summed E-state index contributed by atoms with van der Waals surface area (Å²) in [6, 6.07) is 0. The Balaban J connectivity index is 3.27. The van der Waals surface area contributed by atoms with E-state index in [1.807, 2.05) is 6.92 Å². The van der Waals surface area contributed by atoms with Crippen LogP contribution in [0.5, 0.6) is 0 Å². The van der Waals surface area contributed by atoms with Gasteiger partial charge in [0.05, 0.1) is 0 Å². The molecule has 4 N–H and O–H groups in total. The molecule has 0 aliphatic carbocycles. The molecule has 1 atom stereocenters. The van der Waals surface area contributed by atoms with Crippen LogP contribution in [0.4, 0.5) is 0 Å². The molecular weight excluding hydrogens is 206 g/mol. The molecule has 0 rings (SSSR count). The van der Waals surface area contributed by atoms with Gasteiger partial charge in [-0.05, 0) is 18.9 Å². The summed E-state index contributed by atoms with van der Waals surface area (Å²) in [7, 11) is 0. The third kappa shape index (κ3) is 8.49. The molecule has 0 aromatic rings. The lowest BCUT2D eigenvalue weighted by Crippen LogP contribution is -2.32. The first-order valence-electron chi connectivity index (χ1n) is 5.83. The van der Waals surface area contributed by atoms with Crippen LogP contribution < -0.4 is 11.1 Å². The molecule has 16 heavy (non-hydrogen) atoms. The zero-order valence-corrected chi connectivity index (χ0v) is 10.6. The number of amidine groups is 1. The molecule has 96 valence electrons. The second-order valence-electron chi connectivity index (χ2n) is 4.45. The van der Waals surface area contributed by atoms with E-state index in [1.165, 1.54) is 0 Å². The van der Waals surface area contributed by atoms with Crippen LogP contribution in [0.3, 0.4) is 0 Å². The topological polar surface area (TPSA) is 79.9 Å². The van der Waals surface area contributed by atoms with E-state index in [0.717, 1.165) is 32.7 Å². The highest BCUT2D eigenvalue weighted by atomic mass is 16.5. The van der Waals surface area contributed by atoms with Gasteiger partial charge in [-0.25, -0.2) is 0 Å². The quantitative estimate of drug-likeness (QED) is 0.182. The number of nitrogens with two attached hydrogens (primary N) is 1. The Morgan fingerprint density at radius 2 is 2.12 bits per heavy atom. The fraction of sp³-hybridized carbons (Fsp3) is 0.909. The fourth-order valence-electron chi connectivity index (χ4n) is 1.14. The molecule has 0 amide bonds. The average Bonchev–Trinajstić information content (AvgIpc) is 2.25. The maximum atomic E-state index is 8.45. The molecular formula is C11H25N3O2. The van der Waals surface area contributed by atoms with Crippen LogP contribution in [0.1, 0.15) is 27.2 Å². The molecule has 0 aliphatic rings. The first-order chi connectivity index (χ1) is 7.57. The number of ether oxygens (including phenoxy) is 1. The zero-order valence-electron chi connectivity index (χ0n) is 10.6. The largest absolute Gasteiger partial charge is 0.409 e. The molecule has 5 nitrogen and oxygen atoms in total. The van der Waals surface area contributed by atoms with Gasteiger partial charge in [-0.1, -0.05) is 25.9 Å². The summed E-state index contributed by atoms with van der Waals surface area (Å²) < 4.78 is 5.44. The van der Waals surface area contributed by atoms with Crippen molar-refractivity contribution >= 4 is 5.84 Å². The second kappa shape index (κ2) is 9.42. The van der Waals surface area contributed by atoms with Crippen LogP contribution in [0.2, 0.25) is 0 Å². The van der Waals surface area contributed by atoms with Crippen LogP contribution >= 0.6 is 0 Å². The first kappa shape index (κ1) is 15.2. The second-order valence-corrected chi connectivity index (χ2v) is 4.45. The van der Waals surface area contributed by atoms with Crippen molar-refractivity contribution in [2.24, 2.45) is 22.7 Å². The van der Waals surface area contributed by atoms with Gasteiger partial charge in [0.2, 0.25) is 0 Å². The smallest absolute Gasteiger partial charge is 0.143 e. The fourth-order valence-corrected chi connectivity index (χ4v) is 1.14. The summed E-state index contributed by atoms with van der Waals surface area (Å²) >= 11 is 0. The summed E-state index contributed by atoms with van der Waals surface area (Å²) in [6.45, 7) is 9.40. The highest BCUT2D eigenvalue weighted by molar-refractivity contribution is 5.82. The van der Waals surface area contributed by atoms with E-state index in [1.54, 1.807) is 0 Å². The van der Waals surface area contributed by atoms with Gasteiger partial charge in [-0.15, -0.1) is 0 Å². The SMILES string of the molecule is CC(C)COCCCNCC(C)C(N)=NO. The van der Waals surface area contributed by atoms with E-state index in [9.17, 15) is 0 Å². The molecule has 0 saturated heterocycles. The molecule has 5 heteroatoms. The lowest BCUT2D eigenvalue weighted by Gasteiger charge is -2.11. The van der Waals surface area contributed by atoms with Crippen molar-refractivity contribution < 1.29 is 9.94 Å². The lowest BCUT2D eigenvalue weighted by molar-refractivity contribution is 0.108. The third-order valence-electron chi connectivity index (χ3n) is 2.16. The maximum absolute atomic E-state index is 8.45. The Morgan fingerprint density at radius 3 is 2.69 bits per heavy atom. The molecule has 0 aliphatic heterocycles. The molecule has 0 aromatic carbocycles. The number of rotatable bonds is 9. The highest BCUT2D eigenvalue weighted by Gasteiger charge is 2.05. The summed E-state index contributed by atoms with van der Waals surface area (Å²) in [5, 5.41) is 14.6. The minimum atomic E-state index is 0.0570. The number of hydrogen-bond acceptors (Lipinski definition) is 4. The molecule has 0 bridgehead atoms. The van der Waals surface area contributed by atoms with Gasteiger partial charge in [-0.3, -0.25) is 0 Å². The Morgan fingerprint density at radius 1 is 1.44 bits per heavy atom. The van der Waals surface area contributed by atoms with Crippen molar-refractivity contribution in [1.82, 2.24) is 5.32 Å². The minimum absolute atomic E-state index is 0.0570. The van der Waals surface area contributed by atoms with Crippen LogP contribution in [0.25, 0.3) is 0 Å². The van der Waals surface area contributed by atoms with Crippen molar-refractivity contribution in [3.05, 3.63) is 0 Å². The van der Waals surface area contributed by atoms with Crippen LogP contribution in [0.15, 0.2) is 5.16 Å². The van der Waals surface area contributed by atoms with E-state index in [-0.39, 0.29) is 11.8 Å². The first-order valence-corrected chi connectivity index (χ1v) is 5.83. The summed E-state index contributed by atoms with van der Waals surface area (Å²) in [5.74, 6) is 0.915. The summed E-state index contributed by atoms with van der Waals surface area (Å²) in [4.78, 5) is 0. The molecule has 0 heterocycles. The summed E-state index contributed by atoms with van der Waals surface area (Å²) in [6.07, 6.45) is 0.982. The number of nitrogens with zero attached hydrogens (tertiary/aromatic N) is 1. The van der Waals surface area contributed by atoms with Crippen LogP contribution in [-0.4, -0.2) is 37.3 Å². The van der Waals surface area contributed by atoms with Gasteiger partial charge in [0, 0.05) is 25.7 Å². The van der Waals surface area contributed by atoms with Gasteiger partial charge in [0.1, 0.15) is 5.84 Å². The van der Waals surface area contributed by atoms with Gasteiger partial charge in [0.25, 0.3) is 0 Å². The summed E-state index contributed by atoms with van der Waals surface area (Å²) in [5.41, 5.74) is 5.45. The Bertz CT molecular complexity index is 196. The van der Waals surface area contributed by atoms with Gasteiger partial charge >= 0.3 is 0 Å². The van der Waals surface area contributed by atoms with Crippen molar-refractivity contribution in [3.63, 3.8) is 0 Å². The molecule has 0 saturated carbocycles. The van der Waals surface area contributed by atoms with Crippen LogP contribution in [0, 0.1) is 11.8 Å². The third-order valence-corrected chi connectivity index (χ3v) is 2.16. The van der Waals surface area contributed by atoms with Crippen molar-refractivity contribution in [3.8, 4) is 0 Å². The molecule has 0 aromatic heterocycles. The predicted molar refractivity (Wildman–Crippen MR) is 65.7 cm³/mol. The van der Waals surface area contributed by atoms with E-state index in [2.05, 4.69) is 24.3 Å². The number of nitrogens with one attached hydrogen (secondary N) is 1. The highest BCUT2D eigenvalue weighted by Crippen LogP contribution is 1.94. The van der Waals surface area contributed by atoms with E-state index >= 15 is 0 Å². The van der Waals surface area contributed by atoms with E-state index in [4.69, 9.17) is 15.7 Å². The van der Waals surface area contributed by atoms with E-state index in [0.29, 0.717) is 5.92 Å². The Labute approximate surface area is 98.0 Å². The van der Waals surface area contributed by atoms with Gasteiger partial charge in [-0.2, -0.15) is 0 Å². The molecule has 1 unspecified atom stereocenters. The normalized spacial score (nSPS) is 14.4. The van der Waals surface area contributed by atoms with Gasteiger partial charge < -0.3 is 21.0 Å². The molecule has 0 fully saturated rings. The Kier molecular flexibility index (Phi) is 8.94. The lowest BCUT2D eigenvalue weighted by atomic mass is 10.1. The number of hydrogen-bond donors (Lipinski definition) is 3. The number of oxime groups is 1. The van der Waals surface area contributed by atoms with Gasteiger partial charge in [0.15, 0.2) is 0 Å². The zero-order chi connectivity index (χ0) is 12.4. The van der Waals surface area contributed by atoms with Crippen molar-refractivity contribution in [2.75, 3.05) is 26.3 Å². The van der Waals surface area contributed by atoms with Crippen molar-refractivity contribution in [1.29, 1.82) is 0 Å². The maximum Gasteiger partial charge on any atom is 0.143 e. The van der Waals surface area contributed by atoms with E-state index < -0.39 is 0 Å². The average molecular weight is 231 g/mol. The molecule has 0 radical (unpaired) electrons. The minimum Gasteiger partial charge on any atom is -0.409 e.